The molecule has 0 amide bonds. The molecule has 14 heavy (non-hydrogen) atoms. The Morgan fingerprint density at radius 1 is 1.14 bits per heavy atom. The van der Waals surface area contributed by atoms with E-state index in [0.29, 0.717) is 15.4 Å². The summed E-state index contributed by atoms with van der Waals surface area (Å²) in [5.74, 6) is 1.59. The second-order valence-electron chi connectivity index (χ2n) is 2.40. The fourth-order valence-electron chi connectivity index (χ4n) is 0.761. The average Bonchev–Trinajstić information content (AvgIpc) is 2.33. The van der Waals surface area contributed by atoms with Gasteiger partial charge in [0.15, 0.2) is 0 Å². The van der Waals surface area contributed by atoms with Crippen molar-refractivity contribution in [2.45, 2.75) is 0 Å². The number of aromatic nitrogens is 1. The Balaban J connectivity index is 0.000000146. The lowest BCUT2D eigenvalue weighted by Gasteiger charge is -2.15. The zero-order valence-corrected chi connectivity index (χ0v) is 7.83. The van der Waals surface area contributed by atoms with Gasteiger partial charge >= 0.3 is 22.5 Å². The van der Waals surface area contributed by atoms with Crippen molar-refractivity contribution < 1.29 is 13.7 Å². The van der Waals surface area contributed by atoms with Gasteiger partial charge < -0.3 is 13.7 Å². The maximum atomic E-state index is 4.86. The van der Waals surface area contributed by atoms with E-state index in [4.69, 9.17) is 13.7 Å². The van der Waals surface area contributed by atoms with Gasteiger partial charge in [-0.15, -0.1) is 6.58 Å². The van der Waals surface area contributed by atoms with Crippen LogP contribution < -0.4 is 0 Å². The topological polar surface area (TPSA) is 40.6 Å². The standard InChI is InChI=1S/C5H5N.C2H5B3O3/c1-2-4-6-5-3-1;1-2-5-7-3-6-4-8-5/h1-5H;2-4H,1H2. The van der Waals surface area contributed by atoms with E-state index < -0.39 is 0 Å². The minimum absolute atomic E-state index is 0.274. The van der Waals surface area contributed by atoms with Crippen LogP contribution in [0, 0.1) is 0 Å². The molecule has 1 aromatic rings. The van der Waals surface area contributed by atoms with Gasteiger partial charge in [-0.1, -0.05) is 12.0 Å². The van der Waals surface area contributed by atoms with Gasteiger partial charge in [-0.05, 0) is 12.1 Å². The molecule has 70 valence electrons. The first-order valence-corrected chi connectivity index (χ1v) is 4.22. The Morgan fingerprint density at radius 2 is 1.79 bits per heavy atom. The van der Waals surface area contributed by atoms with Crippen LogP contribution in [0.1, 0.15) is 0 Å². The fourth-order valence-corrected chi connectivity index (χ4v) is 0.761. The normalized spacial score (nSPS) is 14.1. The minimum Gasteiger partial charge on any atom is -0.458 e. The molecule has 2 rings (SSSR count). The van der Waals surface area contributed by atoms with Crippen molar-refractivity contribution >= 4 is 22.5 Å². The van der Waals surface area contributed by atoms with Crippen LogP contribution in [-0.2, 0) is 13.7 Å². The Morgan fingerprint density at radius 3 is 2.07 bits per heavy atom. The molecule has 0 aliphatic carbocycles. The molecular weight excluding hydrogens is 179 g/mol. The summed E-state index contributed by atoms with van der Waals surface area (Å²) in [6.45, 7) is 3.48. The van der Waals surface area contributed by atoms with Crippen molar-refractivity contribution in [2.75, 3.05) is 0 Å². The molecule has 2 heterocycles. The van der Waals surface area contributed by atoms with Gasteiger partial charge in [-0.3, -0.25) is 4.98 Å². The first-order valence-electron chi connectivity index (χ1n) is 4.22. The highest BCUT2D eigenvalue weighted by atomic mass is 16.7. The zero-order chi connectivity index (χ0) is 10.1. The van der Waals surface area contributed by atoms with E-state index in [0.717, 1.165) is 0 Å². The third kappa shape index (κ3) is 4.86. The number of pyridine rings is 1. The third-order valence-electron chi connectivity index (χ3n) is 1.39. The molecular formula is C7H10B3NO3. The van der Waals surface area contributed by atoms with Crippen LogP contribution in [0.15, 0.2) is 43.1 Å². The summed E-state index contributed by atoms with van der Waals surface area (Å²) in [6, 6.07) is 5.72. The van der Waals surface area contributed by atoms with E-state index in [1.165, 1.54) is 0 Å². The van der Waals surface area contributed by atoms with E-state index in [1.54, 1.807) is 18.4 Å². The largest absolute Gasteiger partial charge is 0.458 e. The SMILES string of the molecule is C=CB1OBOBO1.c1ccncc1. The Bertz CT molecular complexity index is 216. The van der Waals surface area contributed by atoms with Gasteiger partial charge in [0.05, 0.1) is 0 Å². The molecule has 0 aromatic carbocycles. The third-order valence-corrected chi connectivity index (χ3v) is 1.39. The van der Waals surface area contributed by atoms with Gasteiger partial charge in [-0.2, -0.15) is 0 Å². The summed E-state index contributed by atoms with van der Waals surface area (Å²) in [4.78, 5) is 3.78. The molecule has 1 saturated heterocycles. The predicted octanol–water partition coefficient (Wildman–Crippen LogP) is -0.122. The molecule has 4 nitrogen and oxygen atoms in total. The lowest BCUT2D eigenvalue weighted by atomic mass is 9.86. The number of hydrogen-bond acceptors (Lipinski definition) is 4. The summed E-state index contributed by atoms with van der Waals surface area (Å²) < 4.78 is 14.4. The van der Waals surface area contributed by atoms with Crippen LogP contribution in [0.3, 0.4) is 0 Å². The van der Waals surface area contributed by atoms with E-state index in [1.807, 2.05) is 18.2 Å². The maximum Gasteiger partial charge on any atom is 0.457 e. The molecule has 1 aliphatic heterocycles. The van der Waals surface area contributed by atoms with Gasteiger partial charge in [0.2, 0.25) is 0 Å². The summed E-state index contributed by atoms with van der Waals surface area (Å²) in [5, 5.41) is 0. The van der Waals surface area contributed by atoms with Crippen molar-refractivity contribution in [3.8, 4) is 0 Å². The Labute approximate surface area is 85.0 Å². The quantitative estimate of drug-likeness (QED) is 0.576. The summed E-state index contributed by atoms with van der Waals surface area (Å²) in [6.07, 6.45) is 3.50. The predicted molar refractivity (Wildman–Crippen MR) is 57.7 cm³/mol. The minimum atomic E-state index is -0.274. The highest BCUT2D eigenvalue weighted by Gasteiger charge is 2.18. The molecule has 1 aliphatic rings. The van der Waals surface area contributed by atoms with Crippen molar-refractivity contribution in [1.29, 1.82) is 0 Å². The lowest BCUT2D eigenvalue weighted by Crippen LogP contribution is -2.33. The maximum absolute atomic E-state index is 4.86. The molecule has 0 radical (unpaired) electrons. The molecule has 0 unspecified atom stereocenters. The molecule has 0 atom stereocenters. The van der Waals surface area contributed by atoms with Gasteiger partial charge in [0, 0.05) is 12.4 Å². The van der Waals surface area contributed by atoms with Gasteiger partial charge in [0.25, 0.3) is 0 Å². The van der Waals surface area contributed by atoms with Crippen LogP contribution in [0.5, 0.6) is 0 Å². The first-order chi connectivity index (χ1) is 6.93. The van der Waals surface area contributed by atoms with Crippen molar-refractivity contribution in [2.24, 2.45) is 0 Å². The first kappa shape index (κ1) is 11.0. The second kappa shape index (κ2) is 7.38. The fraction of sp³-hybridized carbons (Fsp3) is 0. The number of nitrogens with zero attached hydrogens (tertiary/aromatic N) is 1. The van der Waals surface area contributed by atoms with E-state index >= 15 is 0 Å². The lowest BCUT2D eigenvalue weighted by molar-refractivity contribution is 0.333. The van der Waals surface area contributed by atoms with Crippen LogP contribution in [-0.4, -0.2) is 27.5 Å². The molecule has 0 spiro atoms. The van der Waals surface area contributed by atoms with Crippen molar-refractivity contribution in [3.05, 3.63) is 43.1 Å². The molecule has 0 bridgehead atoms. The van der Waals surface area contributed by atoms with E-state index in [2.05, 4.69) is 11.6 Å². The summed E-state index contributed by atoms with van der Waals surface area (Å²) >= 11 is 0. The van der Waals surface area contributed by atoms with E-state index in [9.17, 15) is 0 Å². The zero-order valence-electron chi connectivity index (χ0n) is 7.83. The Kier molecular flexibility index (Phi) is 5.82. The monoisotopic (exact) mass is 189 g/mol. The van der Waals surface area contributed by atoms with Gasteiger partial charge in [0.1, 0.15) is 0 Å². The molecule has 0 saturated carbocycles. The molecule has 0 N–H and O–H groups in total. The van der Waals surface area contributed by atoms with Gasteiger partial charge in [-0.25, -0.2) is 0 Å². The number of hydrogen-bond donors (Lipinski definition) is 0. The van der Waals surface area contributed by atoms with Crippen LogP contribution in [0.4, 0.5) is 0 Å². The number of rotatable bonds is 1. The van der Waals surface area contributed by atoms with Crippen molar-refractivity contribution in [1.82, 2.24) is 4.98 Å². The van der Waals surface area contributed by atoms with Crippen molar-refractivity contribution in [3.63, 3.8) is 0 Å². The van der Waals surface area contributed by atoms with Crippen LogP contribution in [0.2, 0.25) is 0 Å². The second-order valence-corrected chi connectivity index (χ2v) is 2.40. The molecule has 7 heteroatoms. The molecule has 1 aromatic heterocycles. The smallest absolute Gasteiger partial charge is 0.457 e. The highest BCUT2D eigenvalue weighted by Crippen LogP contribution is 1.93. The molecule has 1 fully saturated rings. The Hall–Kier alpha value is -1.04. The summed E-state index contributed by atoms with van der Waals surface area (Å²) in [7, 11) is 0.330. The van der Waals surface area contributed by atoms with E-state index in [-0.39, 0.29) is 7.12 Å². The van der Waals surface area contributed by atoms with Crippen LogP contribution in [0.25, 0.3) is 0 Å². The summed E-state index contributed by atoms with van der Waals surface area (Å²) in [5.41, 5.74) is 0. The highest BCUT2D eigenvalue weighted by molar-refractivity contribution is 6.64. The van der Waals surface area contributed by atoms with Crippen LogP contribution >= 0.6 is 0 Å². The average molecular weight is 189 g/mol.